The van der Waals surface area contributed by atoms with E-state index in [4.69, 9.17) is 4.74 Å². The van der Waals surface area contributed by atoms with Crippen LogP contribution in [0.2, 0.25) is 0 Å². The molecule has 3 amide bonds. The van der Waals surface area contributed by atoms with E-state index < -0.39 is 35.3 Å². The predicted octanol–water partition coefficient (Wildman–Crippen LogP) is 6.27. The highest BCUT2D eigenvalue weighted by Crippen LogP contribution is 2.34. The standard InChI is InChI=1S/C27H21F3N2O4S/c1-17-6-4-7-18(12-17)16-36-22-11-3-2-8-19(22)13-23-25(34)32(26(35)37-23)15-24(33)31-21-10-5-9-20(14-21)27(28,29)30/h2-14H,15-16H2,1H3,(H,31,33)/b23-13-. The SMILES string of the molecule is Cc1cccc(COc2ccccc2/C=C2\SC(=O)N(CC(=O)Nc3cccc(C(F)(F)F)c3)C2=O)c1. The van der Waals surface area contributed by atoms with Crippen molar-refractivity contribution >= 4 is 40.6 Å². The molecule has 0 unspecified atom stereocenters. The molecule has 3 aromatic carbocycles. The third-order valence-electron chi connectivity index (χ3n) is 5.33. The fourth-order valence-electron chi connectivity index (χ4n) is 3.59. The first-order valence-electron chi connectivity index (χ1n) is 11.1. The molecule has 0 atom stereocenters. The number of thioether (sulfide) groups is 1. The van der Waals surface area contributed by atoms with E-state index in [0.717, 1.165) is 34.2 Å². The minimum absolute atomic E-state index is 0.0953. The van der Waals surface area contributed by atoms with Crippen molar-refractivity contribution in [2.45, 2.75) is 19.7 Å². The first-order chi connectivity index (χ1) is 17.6. The Morgan fingerprint density at radius 3 is 2.54 bits per heavy atom. The molecule has 0 aromatic heterocycles. The number of anilines is 1. The highest BCUT2D eigenvalue weighted by Gasteiger charge is 2.36. The maximum absolute atomic E-state index is 12.9. The normalized spacial score (nSPS) is 14.8. The number of nitrogens with one attached hydrogen (secondary N) is 1. The number of para-hydroxylation sites is 1. The van der Waals surface area contributed by atoms with E-state index >= 15 is 0 Å². The van der Waals surface area contributed by atoms with Gasteiger partial charge in [0.15, 0.2) is 0 Å². The van der Waals surface area contributed by atoms with Gasteiger partial charge in [0.1, 0.15) is 18.9 Å². The summed E-state index contributed by atoms with van der Waals surface area (Å²) < 4.78 is 44.7. The molecule has 1 N–H and O–H groups in total. The zero-order valence-corrected chi connectivity index (χ0v) is 20.4. The molecule has 4 rings (SSSR count). The minimum Gasteiger partial charge on any atom is -0.488 e. The maximum atomic E-state index is 12.9. The summed E-state index contributed by atoms with van der Waals surface area (Å²) in [5.74, 6) is -0.967. The Morgan fingerprint density at radius 1 is 1.03 bits per heavy atom. The van der Waals surface area contributed by atoms with Crippen LogP contribution in [0.25, 0.3) is 6.08 Å². The minimum atomic E-state index is -4.57. The van der Waals surface area contributed by atoms with Crippen LogP contribution in [0.1, 0.15) is 22.3 Å². The predicted molar refractivity (Wildman–Crippen MR) is 135 cm³/mol. The van der Waals surface area contributed by atoms with Crippen LogP contribution in [-0.4, -0.2) is 28.5 Å². The van der Waals surface area contributed by atoms with Crippen molar-refractivity contribution in [2.75, 3.05) is 11.9 Å². The lowest BCUT2D eigenvalue weighted by Gasteiger charge is -2.13. The summed E-state index contributed by atoms with van der Waals surface area (Å²) in [6.07, 6.45) is -3.06. The molecule has 0 radical (unpaired) electrons. The molecule has 0 bridgehead atoms. The number of imide groups is 1. The van der Waals surface area contributed by atoms with Crippen molar-refractivity contribution in [2.24, 2.45) is 0 Å². The molecule has 0 spiro atoms. The number of halogens is 3. The van der Waals surface area contributed by atoms with Crippen molar-refractivity contribution in [1.82, 2.24) is 4.90 Å². The number of hydrogen-bond donors (Lipinski definition) is 1. The first kappa shape index (κ1) is 26.0. The number of rotatable bonds is 7. The van der Waals surface area contributed by atoms with Crippen LogP contribution in [0.3, 0.4) is 0 Å². The number of hydrogen-bond acceptors (Lipinski definition) is 5. The van der Waals surface area contributed by atoms with E-state index in [1.54, 1.807) is 24.3 Å². The molecule has 190 valence electrons. The molecule has 37 heavy (non-hydrogen) atoms. The molecule has 1 aliphatic rings. The Balaban J connectivity index is 1.44. The van der Waals surface area contributed by atoms with Gasteiger partial charge in [-0.25, -0.2) is 0 Å². The highest BCUT2D eigenvalue weighted by molar-refractivity contribution is 8.18. The summed E-state index contributed by atoms with van der Waals surface area (Å²) >= 11 is 0.670. The third-order valence-corrected chi connectivity index (χ3v) is 6.24. The van der Waals surface area contributed by atoms with Gasteiger partial charge >= 0.3 is 6.18 Å². The van der Waals surface area contributed by atoms with Gasteiger partial charge in [-0.05, 0) is 54.6 Å². The summed E-state index contributed by atoms with van der Waals surface area (Å²) in [5.41, 5.74) is 1.63. The number of alkyl halides is 3. The van der Waals surface area contributed by atoms with Gasteiger partial charge in [-0.3, -0.25) is 19.3 Å². The quantitative estimate of drug-likeness (QED) is 0.368. The van der Waals surface area contributed by atoms with Crippen LogP contribution in [0.15, 0.2) is 77.7 Å². The summed E-state index contributed by atoms with van der Waals surface area (Å²) in [5, 5.41) is 1.64. The van der Waals surface area contributed by atoms with E-state index in [-0.39, 0.29) is 10.6 Å². The lowest BCUT2D eigenvalue weighted by atomic mass is 10.1. The number of amides is 3. The average molecular weight is 527 g/mol. The largest absolute Gasteiger partial charge is 0.488 e. The van der Waals surface area contributed by atoms with Gasteiger partial charge in [-0.15, -0.1) is 0 Å². The molecule has 0 saturated carbocycles. The highest BCUT2D eigenvalue weighted by atomic mass is 32.2. The van der Waals surface area contributed by atoms with Gasteiger partial charge in [-0.2, -0.15) is 13.2 Å². The van der Waals surface area contributed by atoms with Gasteiger partial charge < -0.3 is 10.1 Å². The summed E-state index contributed by atoms with van der Waals surface area (Å²) in [6, 6.07) is 19.0. The molecule has 1 fully saturated rings. The monoisotopic (exact) mass is 526 g/mol. The van der Waals surface area contributed by atoms with E-state index in [2.05, 4.69) is 5.32 Å². The van der Waals surface area contributed by atoms with Gasteiger partial charge in [0.2, 0.25) is 5.91 Å². The Bertz CT molecular complexity index is 1390. The zero-order valence-electron chi connectivity index (χ0n) is 19.5. The van der Waals surface area contributed by atoms with E-state index in [0.29, 0.717) is 29.7 Å². The van der Waals surface area contributed by atoms with E-state index in [9.17, 15) is 27.6 Å². The fraction of sp³-hybridized carbons (Fsp3) is 0.148. The number of carbonyl (C=O) groups is 3. The maximum Gasteiger partial charge on any atom is 0.416 e. The second kappa shape index (κ2) is 10.9. The molecule has 0 aliphatic carbocycles. The number of nitrogens with zero attached hydrogens (tertiary/aromatic N) is 1. The molecular formula is C27H21F3N2O4S. The van der Waals surface area contributed by atoms with Crippen LogP contribution in [0.5, 0.6) is 5.75 Å². The van der Waals surface area contributed by atoms with E-state index in [1.165, 1.54) is 12.1 Å². The summed E-state index contributed by atoms with van der Waals surface area (Å²) in [6.45, 7) is 1.65. The molecule has 1 aliphatic heterocycles. The van der Waals surface area contributed by atoms with Gasteiger partial charge in [0, 0.05) is 11.3 Å². The van der Waals surface area contributed by atoms with Crippen molar-refractivity contribution in [3.05, 3.63) is 100.0 Å². The second-order valence-corrected chi connectivity index (χ2v) is 9.20. The molecule has 1 heterocycles. The van der Waals surface area contributed by atoms with Gasteiger partial charge in [-0.1, -0.05) is 54.1 Å². The zero-order chi connectivity index (χ0) is 26.6. The van der Waals surface area contributed by atoms with Gasteiger partial charge in [0.05, 0.1) is 10.5 Å². The van der Waals surface area contributed by atoms with E-state index in [1.807, 2.05) is 31.2 Å². The number of carbonyl (C=O) groups excluding carboxylic acids is 3. The molecule has 6 nitrogen and oxygen atoms in total. The Morgan fingerprint density at radius 2 is 1.78 bits per heavy atom. The average Bonchev–Trinajstić information content (AvgIpc) is 3.10. The number of benzene rings is 3. The van der Waals surface area contributed by atoms with Crippen molar-refractivity contribution in [3.8, 4) is 5.75 Å². The number of aryl methyl sites for hydroxylation is 1. The number of ether oxygens (including phenoxy) is 1. The lowest BCUT2D eigenvalue weighted by molar-refractivity contribution is -0.137. The van der Waals surface area contributed by atoms with Crippen LogP contribution < -0.4 is 10.1 Å². The van der Waals surface area contributed by atoms with Crippen LogP contribution >= 0.6 is 11.8 Å². The van der Waals surface area contributed by atoms with Crippen LogP contribution in [0.4, 0.5) is 23.7 Å². The Labute approximate surface area is 215 Å². The lowest BCUT2D eigenvalue weighted by Crippen LogP contribution is -2.36. The summed E-state index contributed by atoms with van der Waals surface area (Å²) in [4.78, 5) is 38.6. The summed E-state index contributed by atoms with van der Waals surface area (Å²) in [7, 11) is 0. The first-order valence-corrected chi connectivity index (χ1v) is 11.9. The Hall–Kier alpha value is -4.05. The third kappa shape index (κ3) is 6.59. The molecule has 3 aromatic rings. The van der Waals surface area contributed by atoms with Crippen LogP contribution in [-0.2, 0) is 22.4 Å². The van der Waals surface area contributed by atoms with Crippen molar-refractivity contribution in [1.29, 1.82) is 0 Å². The molecule has 10 heteroatoms. The topological polar surface area (TPSA) is 75.7 Å². The van der Waals surface area contributed by atoms with Crippen molar-refractivity contribution in [3.63, 3.8) is 0 Å². The second-order valence-electron chi connectivity index (χ2n) is 8.21. The van der Waals surface area contributed by atoms with Gasteiger partial charge in [0.25, 0.3) is 11.1 Å². The van der Waals surface area contributed by atoms with Crippen molar-refractivity contribution < 1.29 is 32.3 Å². The van der Waals surface area contributed by atoms with Crippen LogP contribution in [0, 0.1) is 6.92 Å². The molecular weight excluding hydrogens is 505 g/mol. The molecule has 1 saturated heterocycles. The smallest absolute Gasteiger partial charge is 0.416 e. The fourth-order valence-corrected chi connectivity index (χ4v) is 4.42. The Kier molecular flexibility index (Phi) is 7.68.